The monoisotopic (exact) mass is 304 g/mol. The first-order valence-electron chi connectivity index (χ1n) is 6.00. The summed E-state index contributed by atoms with van der Waals surface area (Å²) in [6.45, 7) is 0. The fourth-order valence-corrected chi connectivity index (χ4v) is 2.41. The summed E-state index contributed by atoms with van der Waals surface area (Å²) in [6.07, 6.45) is 0.586. The summed E-state index contributed by atoms with van der Waals surface area (Å²) in [7, 11) is 0. The Balaban J connectivity index is 2.08. The summed E-state index contributed by atoms with van der Waals surface area (Å²) in [4.78, 5) is 8.69. The third kappa shape index (κ3) is 2.36. The highest BCUT2D eigenvalue weighted by atomic mass is 35.5. The van der Waals surface area contributed by atoms with Crippen LogP contribution in [0.25, 0.3) is 11.0 Å². The molecule has 3 rings (SSSR count). The number of hydrogen-bond acceptors (Lipinski definition) is 3. The molecule has 100 valence electrons. The molecule has 0 aliphatic rings. The van der Waals surface area contributed by atoms with Gasteiger partial charge in [0.25, 0.3) is 0 Å². The van der Waals surface area contributed by atoms with Crippen LogP contribution in [0.2, 0.25) is 10.0 Å². The standard InChI is InChI=1S/C15H10Cl2N2O/c16-10-5-3-4-9(14(10)17)15(20)13-8-18-11-6-1-2-7-12(11)19-13/h1-8,15,20H. The molecule has 0 aliphatic carbocycles. The van der Waals surface area contributed by atoms with E-state index in [4.69, 9.17) is 23.2 Å². The van der Waals surface area contributed by atoms with Gasteiger partial charge in [0, 0.05) is 5.56 Å². The molecule has 3 nitrogen and oxygen atoms in total. The lowest BCUT2D eigenvalue weighted by atomic mass is 10.1. The van der Waals surface area contributed by atoms with Gasteiger partial charge in [-0.3, -0.25) is 4.98 Å². The van der Waals surface area contributed by atoms with E-state index in [1.165, 1.54) is 0 Å². The van der Waals surface area contributed by atoms with Crippen molar-refractivity contribution < 1.29 is 5.11 Å². The Morgan fingerprint density at radius 1 is 0.950 bits per heavy atom. The van der Waals surface area contributed by atoms with Crippen LogP contribution in [0.3, 0.4) is 0 Å². The number of rotatable bonds is 2. The quantitative estimate of drug-likeness (QED) is 0.778. The van der Waals surface area contributed by atoms with E-state index in [0.29, 0.717) is 21.3 Å². The van der Waals surface area contributed by atoms with Crippen molar-refractivity contribution in [2.75, 3.05) is 0 Å². The van der Waals surface area contributed by atoms with Crippen molar-refractivity contribution in [2.45, 2.75) is 6.10 Å². The molecule has 0 amide bonds. The molecule has 5 heteroatoms. The van der Waals surface area contributed by atoms with Gasteiger partial charge in [-0.25, -0.2) is 4.98 Å². The molecule has 1 unspecified atom stereocenters. The van der Waals surface area contributed by atoms with Crippen molar-refractivity contribution >= 4 is 34.2 Å². The molecule has 0 radical (unpaired) electrons. The molecule has 0 saturated carbocycles. The van der Waals surface area contributed by atoms with Crippen LogP contribution in [0.15, 0.2) is 48.7 Å². The molecule has 0 spiro atoms. The van der Waals surface area contributed by atoms with Gasteiger partial charge in [0.2, 0.25) is 0 Å². The van der Waals surface area contributed by atoms with E-state index in [9.17, 15) is 5.11 Å². The van der Waals surface area contributed by atoms with Crippen LogP contribution in [0.5, 0.6) is 0 Å². The van der Waals surface area contributed by atoms with Crippen LogP contribution in [0, 0.1) is 0 Å². The minimum atomic E-state index is -0.960. The van der Waals surface area contributed by atoms with Crippen molar-refractivity contribution in [1.29, 1.82) is 0 Å². The minimum absolute atomic E-state index is 0.330. The summed E-state index contributed by atoms with van der Waals surface area (Å²) in [6, 6.07) is 12.6. The lowest BCUT2D eigenvalue weighted by Gasteiger charge is -2.13. The highest BCUT2D eigenvalue weighted by Crippen LogP contribution is 2.32. The molecule has 0 fully saturated rings. The first-order chi connectivity index (χ1) is 9.66. The Bertz CT molecular complexity index is 777. The van der Waals surface area contributed by atoms with E-state index < -0.39 is 6.10 Å². The second kappa shape index (κ2) is 5.37. The largest absolute Gasteiger partial charge is 0.382 e. The predicted molar refractivity (Wildman–Crippen MR) is 80.1 cm³/mol. The Hall–Kier alpha value is -1.68. The lowest BCUT2D eigenvalue weighted by molar-refractivity contribution is 0.215. The molecule has 1 atom stereocenters. The average molecular weight is 305 g/mol. The Labute approximate surface area is 125 Å². The third-order valence-electron chi connectivity index (χ3n) is 3.02. The maximum Gasteiger partial charge on any atom is 0.124 e. The Morgan fingerprint density at radius 3 is 2.50 bits per heavy atom. The van der Waals surface area contributed by atoms with Crippen LogP contribution in [-0.2, 0) is 0 Å². The summed E-state index contributed by atoms with van der Waals surface area (Å²) >= 11 is 12.1. The van der Waals surface area contributed by atoms with Crippen LogP contribution in [0.1, 0.15) is 17.4 Å². The Kier molecular flexibility index (Phi) is 3.57. The fourth-order valence-electron chi connectivity index (χ4n) is 1.99. The van der Waals surface area contributed by atoms with Gasteiger partial charge in [0.1, 0.15) is 6.10 Å². The molecule has 20 heavy (non-hydrogen) atoms. The first kappa shape index (κ1) is 13.3. The van der Waals surface area contributed by atoms with Gasteiger partial charge in [0.05, 0.1) is 33.0 Å². The second-order valence-corrected chi connectivity index (χ2v) is 5.11. The van der Waals surface area contributed by atoms with E-state index in [1.54, 1.807) is 24.4 Å². The van der Waals surface area contributed by atoms with Gasteiger partial charge in [-0.05, 0) is 18.2 Å². The average Bonchev–Trinajstić information content (AvgIpc) is 2.49. The van der Waals surface area contributed by atoms with Crippen molar-refractivity contribution in [3.63, 3.8) is 0 Å². The van der Waals surface area contributed by atoms with Gasteiger partial charge >= 0.3 is 0 Å². The number of benzene rings is 2. The van der Waals surface area contributed by atoms with Crippen LogP contribution >= 0.6 is 23.2 Å². The molecule has 1 aromatic heterocycles. The zero-order valence-corrected chi connectivity index (χ0v) is 11.8. The molecule has 0 aliphatic heterocycles. The summed E-state index contributed by atoms with van der Waals surface area (Å²) < 4.78 is 0. The van der Waals surface area contributed by atoms with Crippen molar-refractivity contribution in [3.8, 4) is 0 Å². The van der Waals surface area contributed by atoms with Crippen LogP contribution in [0.4, 0.5) is 0 Å². The SMILES string of the molecule is OC(c1cnc2ccccc2n1)c1cccc(Cl)c1Cl. The van der Waals surface area contributed by atoms with E-state index in [1.807, 2.05) is 24.3 Å². The van der Waals surface area contributed by atoms with Crippen molar-refractivity contribution in [2.24, 2.45) is 0 Å². The number of hydrogen-bond donors (Lipinski definition) is 1. The van der Waals surface area contributed by atoms with E-state index >= 15 is 0 Å². The second-order valence-electron chi connectivity index (χ2n) is 4.33. The van der Waals surface area contributed by atoms with Crippen molar-refractivity contribution in [3.05, 3.63) is 70.0 Å². The number of fused-ring (bicyclic) bond motifs is 1. The third-order valence-corrected chi connectivity index (χ3v) is 3.86. The molecule has 0 bridgehead atoms. The zero-order valence-electron chi connectivity index (χ0n) is 10.3. The molecule has 1 N–H and O–H groups in total. The van der Waals surface area contributed by atoms with Crippen LogP contribution < -0.4 is 0 Å². The summed E-state index contributed by atoms with van der Waals surface area (Å²) in [5.74, 6) is 0. The van der Waals surface area contributed by atoms with E-state index in [2.05, 4.69) is 9.97 Å². The first-order valence-corrected chi connectivity index (χ1v) is 6.76. The number of halogens is 2. The number of para-hydroxylation sites is 2. The molecular formula is C15H10Cl2N2O. The van der Waals surface area contributed by atoms with Crippen LogP contribution in [-0.4, -0.2) is 15.1 Å². The van der Waals surface area contributed by atoms with Gasteiger partial charge in [-0.1, -0.05) is 47.5 Å². The fraction of sp³-hybridized carbons (Fsp3) is 0.0667. The zero-order chi connectivity index (χ0) is 14.1. The Morgan fingerprint density at radius 2 is 1.70 bits per heavy atom. The summed E-state index contributed by atoms with van der Waals surface area (Å²) in [5.41, 5.74) is 2.46. The molecule has 0 saturated heterocycles. The minimum Gasteiger partial charge on any atom is -0.382 e. The number of aromatic nitrogens is 2. The van der Waals surface area contributed by atoms with Gasteiger partial charge in [-0.2, -0.15) is 0 Å². The number of aliphatic hydroxyl groups is 1. The molecule has 1 heterocycles. The van der Waals surface area contributed by atoms with Gasteiger partial charge < -0.3 is 5.11 Å². The topological polar surface area (TPSA) is 46.0 Å². The molecule has 3 aromatic rings. The molecule has 2 aromatic carbocycles. The molecular weight excluding hydrogens is 295 g/mol. The smallest absolute Gasteiger partial charge is 0.124 e. The van der Waals surface area contributed by atoms with Gasteiger partial charge in [0.15, 0.2) is 0 Å². The highest BCUT2D eigenvalue weighted by molar-refractivity contribution is 6.42. The normalized spacial score (nSPS) is 12.6. The van der Waals surface area contributed by atoms with Crippen molar-refractivity contribution in [1.82, 2.24) is 9.97 Å². The van der Waals surface area contributed by atoms with E-state index in [0.717, 1.165) is 11.0 Å². The highest BCUT2D eigenvalue weighted by Gasteiger charge is 2.17. The predicted octanol–water partition coefficient (Wildman–Crippen LogP) is 4.02. The number of aliphatic hydroxyl groups excluding tert-OH is 1. The number of nitrogens with zero attached hydrogens (tertiary/aromatic N) is 2. The van der Waals surface area contributed by atoms with E-state index in [-0.39, 0.29) is 0 Å². The maximum atomic E-state index is 10.4. The summed E-state index contributed by atoms with van der Waals surface area (Å²) in [5, 5.41) is 11.1. The van der Waals surface area contributed by atoms with Gasteiger partial charge in [-0.15, -0.1) is 0 Å². The maximum absolute atomic E-state index is 10.4. The lowest BCUT2D eigenvalue weighted by Crippen LogP contribution is -2.04.